The molecule has 0 aliphatic rings. The van der Waals surface area contributed by atoms with Crippen LogP contribution in [0.4, 0.5) is 0 Å². The molecule has 0 fully saturated rings. The van der Waals surface area contributed by atoms with Gasteiger partial charge in [0.05, 0.1) is 15.6 Å². The number of ether oxygens (including phenoxy) is 1. The van der Waals surface area contributed by atoms with Gasteiger partial charge in [0, 0.05) is 17.0 Å². The van der Waals surface area contributed by atoms with Gasteiger partial charge in [0.25, 0.3) is 0 Å². The lowest BCUT2D eigenvalue weighted by atomic mass is 10.0. The predicted molar refractivity (Wildman–Crippen MR) is 97.5 cm³/mol. The fourth-order valence-corrected chi connectivity index (χ4v) is 3.10. The van der Waals surface area contributed by atoms with Crippen molar-refractivity contribution in [2.75, 3.05) is 0 Å². The highest BCUT2D eigenvalue weighted by Crippen LogP contribution is 2.27. The van der Waals surface area contributed by atoms with Crippen LogP contribution in [0, 0.1) is 13.8 Å². The van der Waals surface area contributed by atoms with Gasteiger partial charge in [0.2, 0.25) is 0 Å². The molecule has 0 radical (unpaired) electrons. The summed E-state index contributed by atoms with van der Waals surface area (Å²) in [6.07, 6.45) is 0. The number of hydrogen-bond donors (Lipinski definition) is 0. The fourth-order valence-electron chi connectivity index (χ4n) is 2.55. The molecule has 0 saturated heterocycles. The molecule has 3 rings (SSSR count). The van der Waals surface area contributed by atoms with Gasteiger partial charge >= 0.3 is 11.6 Å². The van der Waals surface area contributed by atoms with Crippen molar-refractivity contribution >= 4 is 40.1 Å². The second kappa shape index (κ2) is 6.90. The Labute approximate surface area is 153 Å². The van der Waals surface area contributed by atoms with Gasteiger partial charge in [0.1, 0.15) is 12.2 Å². The molecule has 25 heavy (non-hydrogen) atoms. The van der Waals surface area contributed by atoms with E-state index in [2.05, 4.69) is 0 Å². The Bertz CT molecular complexity index is 1020. The minimum Gasteiger partial charge on any atom is -0.457 e. The molecule has 0 bridgehead atoms. The molecule has 6 heteroatoms. The molecule has 1 heterocycles. The van der Waals surface area contributed by atoms with Crippen LogP contribution in [0.5, 0.6) is 0 Å². The normalized spacial score (nSPS) is 10.9. The van der Waals surface area contributed by atoms with E-state index in [1.54, 1.807) is 18.2 Å². The molecule has 0 aliphatic heterocycles. The van der Waals surface area contributed by atoms with E-state index in [1.165, 1.54) is 6.07 Å². The smallest absolute Gasteiger partial charge is 0.341 e. The van der Waals surface area contributed by atoms with Crippen LogP contribution in [0.3, 0.4) is 0 Å². The number of aryl methyl sites for hydroxylation is 2. The van der Waals surface area contributed by atoms with E-state index in [0.717, 1.165) is 16.5 Å². The van der Waals surface area contributed by atoms with E-state index in [9.17, 15) is 9.59 Å². The summed E-state index contributed by atoms with van der Waals surface area (Å²) >= 11 is 12.0. The van der Waals surface area contributed by atoms with Gasteiger partial charge in [-0.25, -0.2) is 9.59 Å². The van der Waals surface area contributed by atoms with Crippen LogP contribution in [0.1, 0.15) is 27.0 Å². The van der Waals surface area contributed by atoms with Crippen molar-refractivity contribution in [2.45, 2.75) is 20.5 Å². The van der Waals surface area contributed by atoms with Gasteiger partial charge in [-0.05, 0) is 37.1 Å². The standard InChI is InChI=1S/C19H14Cl2O4/c1-10-6-7-13-12(8-16(22)25-18(13)11(10)2)9-24-19(23)17-14(20)4-3-5-15(17)21/h3-8H,9H2,1-2H3. The minimum absolute atomic E-state index is 0.0923. The molecule has 3 aromatic rings. The molecular formula is C19H14Cl2O4. The van der Waals surface area contributed by atoms with Gasteiger partial charge in [-0.1, -0.05) is 41.4 Å². The molecule has 2 aromatic carbocycles. The maximum absolute atomic E-state index is 12.3. The summed E-state index contributed by atoms with van der Waals surface area (Å²) in [7, 11) is 0. The first-order chi connectivity index (χ1) is 11.9. The van der Waals surface area contributed by atoms with Crippen molar-refractivity contribution in [3.63, 3.8) is 0 Å². The van der Waals surface area contributed by atoms with Crippen LogP contribution >= 0.6 is 23.2 Å². The van der Waals surface area contributed by atoms with Gasteiger partial charge in [-0.3, -0.25) is 0 Å². The predicted octanol–water partition coefficient (Wildman–Crippen LogP) is 5.07. The Hall–Kier alpha value is -2.30. The van der Waals surface area contributed by atoms with Gasteiger partial charge in [-0.15, -0.1) is 0 Å². The SMILES string of the molecule is Cc1ccc2c(COC(=O)c3c(Cl)cccc3Cl)cc(=O)oc2c1C. The second-order valence-electron chi connectivity index (χ2n) is 5.65. The van der Waals surface area contributed by atoms with E-state index in [-0.39, 0.29) is 22.2 Å². The van der Waals surface area contributed by atoms with Crippen molar-refractivity contribution in [1.29, 1.82) is 0 Å². The van der Waals surface area contributed by atoms with E-state index in [1.807, 2.05) is 26.0 Å². The Kier molecular flexibility index (Phi) is 4.84. The fraction of sp³-hybridized carbons (Fsp3) is 0.158. The van der Waals surface area contributed by atoms with Crippen molar-refractivity contribution < 1.29 is 13.9 Å². The molecular weight excluding hydrogens is 363 g/mol. The zero-order chi connectivity index (χ0) is 18.1. The van der Waals surface area contributed by atoms with E-state index in [0.29, 0.717) is 11.1 Å². The highest BCUT2D eigenvalue weighted by atomic mass is 35.5. The number of hydrogen-bond acceptors (Lipinski definition) is 4. The Morgan fingerprint density at radius 1 is 1.12 bits per heavy atom. The number of rotatable bonds is 3. The van der Waals surface area contributed by atoms with E-state index < -0.39 is 11.6 Å². The van der Waals surface area contributed by atoms with Crippen LogP contribution in [0.25, 0.3) is 11.0 Å². The first-order valence-electron chi connectivity index (χ1n) is 7.52. The number of carbonyl (C=O) groups is 1. The molecule has 128 valence electrons. The third kappa shape index (κ3) is 3.41. The average molecular weight is 377 g/mol. The highest BCUT2D eigenvalue weighted by molar-refractivity contribution is 6.39. The molecule has 0 unspecified atom stereocenters. The molecule has 0 saturated carbocycles. The molecule has 0 aliphatic carbocycles. The summed E-state index contributed by atoms with van der Waals surface area (Å²) in [6, 6.07) is 9.84. The average Bonchev–Trinajstić information content (AvgIpc) is 2.56. The summed E-state index contributed by atoms with van der Waals surface area (Å²) in [6.45, 7) is 3.71. The molecule has 0 N–H and O–H groups in total. The summed E-state index contributed by atoms with van der Waals surface area (Å²) in [4.78, 5) is 24.2. The number of carbonyl (C=O) groups excluding carboxylic acids is 1. The molecule has 4 nitrogen and oxygen atoms in total. The summed E-state index contributed by atoms with van der Waals surface area (Å²) in [5.41, 5.74) is 2.54. The molecule has 1 aromatic heterocycles. The topological polar surface area (TPSA) is 56.5 Å². The third-order valence-electron chi connectivity index (χ3n) is 4.04. The van der Waals surface area contributed by atoms with Crippen LogP contribution in [0.15, 0.2) is 45.6 Å². The maximum Gasteiger partial charge on any atom is 0.341 e. The summed E-state index contributed by atoms with van der Waals surface area (Å²) < 4.78 is 10.6. The number of esters is 1. The monoisotopic (exact) mass is 376 g/mol. The Balaban J connectivity index is 1.95. The second-order valence-corrected chi connectivity index (χ2v) is 6.46. The van der Waals surface area contributed by atoms with Gasteiger partial charge in [0.15, 0.2) is 0 Å². The zero-order valence-corrected chi connectivity index (χ0v) is 15.1. The zero-order valence-electron chi connectivity index (χ0n) is 13.6. The van der Waals surface area contributed by atoms with Gasteiger partial charge < -0.3 is 9.15 Å². The van der Waals surface area contributed by atoms with Crippen LogP contribution in [0.2, 0.25) is 10.0 Å². The Morgan fingerprint density at radius 3 is 2.48 bits per heavy atom. The van der Waals surface area contributed by atoms with Crippen molar-refractivity contribution in [2.24, 2.45) is 0 Å². The third-order valence-corrected chi connectivity index (χ3v) is 4.67. The lowest BCUT2D eigenvalue weighted by molar-refractivity contribution is 0.0474. The number of benzene rings is 2. The Morgan fingerprint density at radius 2 is 1.80 bits per heavy atom. The largest absolute Gasteiger partial charge is 0.457 e. The van der Waals surface area contributed by atoms with Crippen molar-refractivity contribution in [3.05, 3.63) is 79.1 Å². The minimum atomic E-state index is -0.652. The number of halogens is 2. The van der Waals surface area contributed by atoms with E-state index in [4.69, 9.17) is 32.4 Å². The van der Waals surface area contributed by atoms with Crippen molar-refractivity contribution in [1.82, 2.24) is 0 Å². The summed E-state index contributed by atoms with van der Waals surface area (Å²) in [5.74, 6) is -0.652. The van der Waals surface area contributed by atoms with Crippen LogP contribution in [-0.2, 0) is 11.3 Å². The maximum atomic E-state index is 12.3. The van der Waals surface area contributed by atoms with E-state index >= 15 is 0 Å². The lowest BCUT2D eigenvalue weighted by Crippen LogP contribution is -2.09. The van der Waals surface area contributed by atoms with Crippen LogP contribution < -0.4 is 5.63 Å². The van der Waals surface area contributed by atoms with Crippen molar-refractivity contribution in [3.8, 4) is 0 Å². The summed E-state index contributed by atoms with van der Waals surface area (Å²) in [5, 5.41) is 1.14. The molecule has 0 atom stereocenters. The highest BCUT2D eigenvalue weighted by Gasteiger charge is 2.17. The number of fused-ring (bicyclic) bond motifs is 1. The van der Waals surface area contributed by atoms with Gasteiger partial charge in [-0.2, -0.15) is 0 Å². The quantitative estimate of drug-likeness (QED) is 0.472. The molecule has 0 amide bonds. The first-order valence-corrected chi connectivity index (χ1v) is 8.28. The molecule has 0 spiro atoms. The lowest BCUT2D eigenvalue weighted by Gasteiger charge is -2.11. The first kappa shape index (κ1) is 17.5. The van der Waals surface area contributed by atoms with Crippen LogP contribution in [-0.4, -0.2) is 5.97 Å².